The first kappa shape index (κ1) is 24.1. The Kier molecular flexibility index (Phi) is 7.33. The van der Waals surface area contributed by atoms with E-state index >= 15 is 0 Å². The lowest BCUT2D eigenvalue weighted by Gasteiger charge is -2.32. The average Bonchev–Trinajstić information content (AvgIpc) is 3.36. The van der Waals surface area contributed by atoms with Gasteiger partial charge in [-0.15, -0.1) is 0 Å². The van der Waals surface area contributed by atoms with E-state index in [1.165, 1.54) is 29.2 Å². The van der Waals surface area contributed by atoms with Gasteiger partial charge in [0.05, 0.1) is 12.0 Å². The summed E-state index contributed by atoms with van der Waals surface area (Å²) in [7, 11) is 0. The Labute approximate surface area is 211 Å². The molecule has 1 saturated heterocycles. The van der Waals surface area contributed by atoms with Crippen molar-refractivity contribution in [3.63, 3.8) is 0 Å². The number of fused-ring (bicyclic) bond motifs is 2. The standard InChI is InChI=1S/C30H33N3O3/c1-2-29(31)36-30(32)28-20-25-26(9-5-10-27(25)35-28)34-18-6-15-33-16-13-22(14-17-33)24-12-11-21-7-3-4-8-23(21)19-24/h3-5,7-12,19-20,22,31-32H,2,6,13-18H2,1H3. The summed E-state index contributed by atoms with van der Waals surface area (Å²) in [4.78, 5) is 2.54. The van der Waals surface area contributed by atoms with E-state index in [2.05, 4.69) is 47.4 Å². The van der Waals surface area contributed by atoms with Crippen molar-refractivity contribution in [1.29, 1.82) is 10.8 Å². The minimum absolute atomic E-state index is 0.0400. The largest absolute Gasteiger partial charge is 0.493 e. The Bertz CT molecular complexity index is 1370. The number of rotatable bonds is 8. The molecular weight excluding hydrogens is 450 g/mol. The van der Waals surface area contributed by atoms with Crippen LogP contribution in [-0.4, -0.2) is 42.9 Å². The monoisotopic (exact) mass is 483 g/mol. The third-order valence-electron chi connectivity index (χ3n) is 7.00. The Morgan fingerprint density at radius 3 is 2.58 bits per heavy atom. The third kappa shape index (κ3) is 5.44. The number of likely N-dealkylation sites (tertiary alicyclic amines) is 1. The molecule has 36 heavy (non-hydrogen) atoms. The molecule has 4 aromatic rings. The first-order valence-corrected chi connectivity index (χ1v) is 12.8. The SMILES string of the molecule is CCC(=N)OC(=N)c1cc2c(OCCCN3CCC(c4ccc5ccccc5c4)CC3)cccc2o1. The Balaban J connectivity index is 1.10. The van der Waals surface area contributed by atoms with Crippen molar-refractivity contribution in [3.05, 3.63) is 78.1 Å². The normalized spacial score (nSPS) is 14.8. The summed E-state index contributed by atoms with van der Waals surface area (Å²) in [6.07, 6.45) is 3.77. The van der Waals surface area contributed by atoms with E-state index < -0.39 is 0 Å². The second-order valence-electron chi connectivity index (χ2n) is 9.41. The molecule has 2 heterocycles. The van der Waals surface area contributed by atoms with Crippen LogP contribution in [0.4, 0.5) is 0 Å². The van der Waals surface area contributed by atoms with Crippen LogP contribution in [0.2, 0.25) is 0 Å². The number of nitrogens with zero attached hydrogens (tertiary/aromatic N) is 1. The summed E-state index contributed by atoms with van der Waals surface area (Å²) < 4.78 is 17.1. The van der Waals surface area contributed by atoms with Gasteiger partial charge in [0, 0.05) is 19.0 Å². The van der Waals surface area contributed by atoms with Gasteiger partial charge in [-0.05, 0) is 66.7 Å². The fraction of sp³-hybridized carbons (Fsp3) is 0.333. The minimum Gasteiger partial charge on any atom is -0.493 e. The molecule has 1 fully saturated rings. The van der Waals surface area contributed by atoms with Crippen molar-refractivity contribution in [2.45, 2.75) is 38.5 Å². The Morgan fingerprint density at radius 2 is 1.78 bits per heavy atom. The number of nitrogens with one attached hydrogen (secondary N) is 2. The van der Waals surface area contributed by atoms with Crippen LogP contribution in [0, 0.1) is 10.8 Å². The first-order valence-electron chi connectivity index (χ1n) is 12.8. The van der Waals surface area contributed by atoms with Gasteiger partial charge in [-0.2, -0.15) is 0 Å². The van der Waals surface area contributed by atoms with Gasteiger partial charge in [0.15, 0.2) is 11.7 Å². The molecular formula is C30H33N3O3. The van der Waals surface area contributed by atoms with Crippen molar-refractivity contribution in [2.24, 2.45) is 0 Å². The summed E-state index contributed by atoms with van der Waals surface area (Å²) in [6.45, 7) is 5.70. The molecule has 186 valence electrons. The molecule has 0 aliphatic carbocycles. The van der Waals surface area contributed by atoms with Crippen LogP contribution in [0.25, 0.3) is 21.7 Å². The number of hydrogen-bond acceptors (Lipinski definition) is 6. The molecule has 0 unspecified atom stereocenters. The van der Waals surface area contributed by atoms with E-state index in [0.29, 0.717) is 30.3 Å². The molecule has 0 radical (unpaired) electrons. The summed E-state index contributed by atoms with van der Waals surface area (Å²) in [6, 6.07) is 22.9. The van der Waals surface area contributed by atoms with Gasteiger partial charge in [-0.3, -0.25) is 10.8 Å². The maximum atomic E-state index is 8.05. The zero-order valence-corrected chi connectivity index (χ0v) is 20.8. The highest BCUT2D eigenvalue weighted by atomic mass is 16.5. The van der Waals surface area contributed by atoms with Crippen molar-refractivity contribution in [3.8, 4) is 5.75 Å². The average molecular weight is 484 g/mol. The summed E-state index contributed by atoms with van der Waals surface area (Å²) in [5, 5.41) is 19.2. The smallest absolute Gasteiger partial charge is 0.256 e. The minimum atomic E-state index is -0.156. The van der Waals surface area contributed by atoms with Crippen molar-refractivity contribution >= 4 is 33.5 Å². The molecule has 1 aliphatic heterocycles. The second-order valence-corrected chi connectivity index (χ2v) is 9.41. The van der Waals surface area contributed by atoms with Crippen LogP contribution < -0.4 is 4.74 Å². The number of furan rings is 1. The van der Waals surface area contributed by atoms with E-state index in [-0.39, 0.29) is 11.8 Å². The molecule has 0 atom stereocenters. The number of ether oxygens (including phenoxy) is 2. The van der Waals surface area contributed by atoms with Crippen LogP contribution in [-0.2, 0) is 4.74 Å². The van der Waals surface area contributed by atoms with E-state index in [9.17, 15) is 0 Å². The van der Waals surface area contributed by atoms with Gasteiger partial charge >= 0.3 is 0 Å². The molecule has 6 nitrogen and oxygen atoms in total. The molecule has 6 heteroatoms. The summed E-state index contributed by atoms with van der Waals surface area (Å²) in [5.74, 6) is 1.57. The van der Waals surface area contributed by atoms with Gasteiger partial charge in [0.25, 0.3) is 5.90 Å². The fourth-order valence-corrected chi connectivity index (χ4v) is 4.94. The van der Waals surface area contributed by atoms with Crippen molar-refractivity contribution < 1.29 is 13.9 Å². The molecule has 0 spiro atoms. The summed E-state index contributed by atoms with van der Waals surface area (Å²) >= 11 is 0. The Morgan fingerprint density at radius 1 is 0.972 bits per heavy atom. The van der Waals surface area contributed by atoms with E-state index in [0.717, 1.165) is 37.2 Å². The maximum Gasteiger partial charge on any atom is 0.256 e. The number of piperidine rings is 1. The predicted molar refractivity (Wildman–Crippen MR) is 145 cm³/mol. The van der Waals surface area contributed by atoms with Crippen molar-refractivity contribution in [2.75, 3.05) is 26.2 Å². The van der Waals surface area contributed by atoms with Crippen LogP contribution in [0.5, 0.6) is 5.75 Å². The highest BCUT2D eigenvalue weighted by Crippen LogP contribution is 2.31. The summed E-state index contributed by atoms with van der Waals surface area (Å²) in [5.41, 5.74) is 2.11. The number of hydrogen-bond donors (Lipinski definition) is 2. The van der Waals surface area contributed by atoms with E-state index in [1.54, 1.807) is 6.07 Å². The molecule has 0 saturated carbocycles. The molecule has 1 aliphatic rings. The lowest BCUT2D eigenvalue weighted by Crippen LogP contribution is -2.34. The molecule has 2 N–H and O–H groups in total. The van der Waals surface area contributed by atoms with Gasteiger partial charge in [-0.1, -0.05) is 55.5 Å². The lowest BCUT2D eigenvalue weighted by atomic mass is 9.88. The molecule has 1 aromatic heterocycles. The quantitative estimate of drug-likeness (QED) is 0.161. The highest BCUT2D eigenvalue weighted by Gasteiger charge is 2.21. The topological polar surface area (TPSA) is 82.5 Å². The lowest BCUT2D eigenvalue weighted by molar-refractivity contribution is 0.193. The molecule has 0 amide bonds. The van der Waals surface area contributed by atoms with Gasteiger partial charge in [-0.25, -0.2) is 0 Å². The van der Waals surface area contributed by atoms with E-state index in [4.69, 9.17) is 24.7 Å². The maximum absolute atomic E-state index is 8.05. The zero-order chi connectivity index (χ0) is 24.9. The predicted octanol–water partition coefficient (Wildman–Crippen LogP) is 6.96. The van der Waals surface area contributed by atoms with Gasteiger partial charge in [0.2, 0.25) is 0 Å². The second kappa shape index (κ2) is 11.0. The Hall–Kier alpha value is -3.64. The van der Waals surface area contributed by atoms with Crippen LogP contribution in [0.15, 0.2) is 71.1 Å². The van der Waals surface area contributed by atoms with Gasteiger partial charge < -0.3 is 18.8 Å². The third-order valence-corrected chi connectivity index (χ3v) is 7.00. The van der Waals surface area contributed by atoms with Gasteiger partial charge in [0.1, 0.15) is 11.3 Å². The van der Waals surface area contributed by atoms with E-state index in [1.807, 2.05) is 25.1 Å². The molecule has 0 bridgehead atoms. The zero-order valence-electron chi connectivity index (χ0n) is 20.8. The van der Waals surface area contributed by atoms with Crippen LogP contribution in [0.3, 0.4) is 0 Å². The highest BCUT2D eigenvalue weighted by molar-refractivity contribution is 6.00. The molecule has 3 aromatic carbocycles. The van der Waals surface area contributed by atoms with Crippen LogP contribution in [0.1, 0.15) is 49.8 Å². The van der Waals surface area contributed by atoms with Crippen LogP contribution >= 0.6 is 0 Å². The van der Waals surface area contributed by atoms with Crippen molar-refractivity contribution in [1.82, 2.24) is 4.90 Å². The fourth-order valence-electron chi connectivity index (χ4n) is 4.94. The number of benzene rings is 3. The molecule has 5 rings (SSSR count). The first-order chi connectivity index (χ1) is 17.6.